The van der Waals surface area contributed by atoms with Crippen molar-refractivity contribution >= 4 is 17.6 Å². The Morgan fingerprint density at radius 3 is 2.92 bits per heavy atom. The maximum atomic E-state index is 12.8. The van der Waals surface area contributed by atoms with Crippen LogP contribution in [0.2, 0.25) is 0 Å². The van der Waals surface area contributed by atoms with Gasteiger partial charge in [-0.05, 0) is 25.3 Å². The first kappa shape index (κ1) is 15.0. The Hall–Kier alpha value is -2.57. The van der Waals surface area contributed by atoms with Crippen LogP contribution in [0.4, 0.5) is 4.79 Å². The smallest absolute Gasteiger partial charge is 0.335 e. The standard InChI is InChI=1S/C17H19N4O3/c1-2-9-20-16(22)12-5-3-4-6-13(12)21(17(20)23)10-14-18-15(19-24-14)11-7-8-11/h3-6,11-12H,2,7-10H2,1H3/q+1. The molecule has 0 radical (unpaired) electrons. The minimum atomic E-state index is -0.426. The van der Waals surface area contributed by atoms with E-state index in [4.69, 9.17) is 4.52 Å². The van der Waals surface area contributed by atoms with Gasteiger partial charge in [-0.25, -0.2) is 4.79 Å². The zero-order valence-electron chi connectivity index (χ0n) is 13.5. The molecule has 1 aromatic rings. The second-order valence-corrected chi connectivity index (χ2v) is 6.33. The van der Waals surface area contributed by atoms with Crippen LogP contribution in [0.25, 0.3) is 0 Å². The lowest BCUT2D eigenvalue weighted by Gasteiger charge is -2.26. The average molecular weight is 327 g/mol. The summed E-state index contributed by atoms with van der Waals surface area (Å²) in [6.45, 7) is 2.55. The van der Waals surface area contributed by atoms with Gasteiger partial charge in [0.05, 0.1) is 6.54 Å². The van der Waals surface area contributed by atoms with Crippen LogP contribution < -0.4 is 0 Å². The van der Waals surface area contributed by atoms with Gasteiger partial charge < -0.3 is 4.52 Å². The van der Waals surface area contributed by atoms with Gasteiger partial charge in [0, 0.05) is 5.92 Å². The molecule has 0 bridgehead atoms. The van der Waals surface area contributed by atoms with Crippen LogP contribution in [0.1, 0.15) is 43.8 Å². The van der Waals surface area contributed by atoms with Crippen molar-refractivity contribution in [1.82, 2.24) is 15.0 Å². The number of fused-ring (bicyclic) bond motifs is 1. The second kappa shape index (κ2) is 5.81. The first-order valence-electron chi connectivity index (χ1n) is 8.36. The summed E-state index contributed by atoms with van der Waals surface area (Å²) in [6.07, 6.45) is 10.2. The van der Waals surface area contributed by atoms with Gasteiger partial charge in [0.25, 0.3) is 5.89 Å². The lowest BCUT2D eigenvalue weighted by molar-refractivity contribution is -0.460. The van der Waals surface area contributed by atoms with E-state index in [0.29, 0.717) is 24.1 Å². The summed E-state index contributed by atoms with van der Waals surface area (Å²) in [5.41, 5.74) is 0.672. The zero-order valence-corrected chi connectivity index (χ0v) is 13.5. The Labute approximate surface area is 139 Å². The third-order valence-corrected chi connectivity index (χ3v) is 4.47. The molecule has 7 heteroatoms. The molecule has 1 fully saturated rings. The van der Waals surface area contributed by atoms with Crippen LogP contribution in [0.15, 0.2) is 28.8 Å². The van der Waals surface area contributed by atoms with E-state index >= 15 is 0 Å². The maximum absolute atomic E-state index is 12.8. The number of aromatic nitrogens is 2. The molecule has 0 aromatic carbocycles. The molecule has 7 nitrogen and oxygen atoms in total. The van der Waals surface area contributed by atoms with Crippen molar-refractivity contribution in [3.63, 3.8) is 0 Å². The number of hydrogen-bond acceptors (Lipinski definition) is 5. The Kier molecular flexibility index (Phi) is 3.63. The molecule has 3 aliphatic rings. The van der Waals surface area contributed by atoms with Crippen molar-refractivity contribution in [2.45, 2.75) is 38.6 Å². The number of imide groups is 1. The normalized spacial score (nSPS) is 23.2. The Morgan fingerprint density at radius 1 is 1.33 bits per heavy atom. The molecule has 0 saturated heterocycles. The highest BCUT2D eigenvalue weighted by Gasteiger charge is 2.46. The number of amides is 3. The van der Waals surface area contributed by atoms with Gasteiger partial charge >= 0.3 is 11.9 Å². The maximum Gasteiger partial charge on any atom is 0.501 e. The largest absolute Gasteiger partial charge is 0.501 e. The van der Waals surface area contributed by atoms with Gasteiger partial charge in [0.1, 0.15) is 11.6 Å². The number of hydrogen-bond donors (Lipinski definition) is 0. The summed E-state index contributed by atoms with van der Waals surface area (Å²) in [7, 11) is 0. The SMILES string of the molecule is CCCN1C(=O)C2C=CC=CC2=[N+](Cc2nc(C3CC3)no2)C1=O. The second-order valence-electron chi connectivity index (χ2n) is 6.33. The molecular weight excluding hydrogens is 308 g/mol. The van der Waals surface area contributed by atoms with Gasteiger partial charge in [-0.3, -0.25) is 0 Å². The zero-order chi connectivity index (χ0) is 16.7. The molecule has 24 heavy (non-hydrogen) atoms. The molecule has 1 unspecified atom stereocenters. The molecule has 124 valence electrons. The van der Waals surface area contributed by atoms with Gasteiger partial charge in [-0.15, -0.1) is 0 Å². The lowest BCUT2D eigenvalue weighted by Crippen LogP contribution is -2.54. The number of rotatable bonds is 5. The van der Waals surface area contributed by atoms with Crippen molar-refractivity contribution < 1.29 is 18.7 Å². The minimum absolute atomic E-state index is 0.169. The molecule has 1 saturated carbocycles. The van der Waals surface area contributed by atoms with Crippen molar-refractivity contribution in [2.24, 2.45) is 5.92 Å². The van der Waals surface area contributed by atoms with Gasteiger partial charge in [0.2, 0.25) is 0 Å². The van der Waals surface area contributed by atoms with E-state index < -0.39 is 5.92 Å². The van der Waals surface area contributed by atoms with Crippen LogP contribution in [-0.2, 0) is 11.3 Å². The fourth-order valence-corrected chi connectivity index (χ4v) is 3.08. The van der Waals surface area contributed by atoms with Crippen molar-refractivity contribution in [1.29, 1.82) is 0 Å². The number of carbonyl (C=O) groups is 2. The fourth-order valence-electron chi connectivity index (χ4n) is 3.08. The van der Waals surface area contributed by atoms with Crippen LogP contribution in [-0.4, -0.2) is 43.8 Å². The molecule has 3 amide bonds. The van der Waals surface area contributed by atoms with Gasteiger partial charge in [0.15, 0.2) is 12.4 Å². The summed E-state index contributed by atoms with van der Waals surface area (Å²) in [6, 6.07) is -0.320. The van der Waals surface area contributed by atoms with E-state index in [2.05, 4.69) is 10.1 Å². The Bertz CT molecular complexity index is 786. The Balaban J connectivity index is 1.68. The monoisotopic (exact) mass is 327 g/mol. The van der Waals surface area contributed by atoms with E-state index in [1.165, 1.54) is 4.90 Å². The number of nitrogens with zero attached hydrogens (tertiary/aromatic N) is 4. The molecule has 0 spiro atoms. The van der Waals surface area contributed by atoms with E-state index in [1.807, 2.05) is 31.2 Å². The first-order chi connectivity index (χ1) is 11.7. The summed E-state index contributed by atoms with van der Waals surface area (Å²) in [4.78, 5) is 31.1. The average Bonchev–Trinajstić information content (AvgIpc) is 3.35. The fraction of sp³-hybridized carbons (Fsp3) is 0.471. The van der Waals surface area contributed by atoms with E-state index in [9.17, 15) is 9.59 Å². The summed E-state index contributed by atoms with van der Waals surface area (Å²) in [5, 5.41) is 4.00. The Morgan fingerprint density at radius 2 is 2.17 bits per heavy atom. The van der Waals surface area contributed by atoms with Crippen LogP contribution in [0.5, 0.6) is 0 Å². The van der Waals surface area contributed by atoms with Crippen LogP contribution in [0, 0.1) is 5.92 Å². The van der Waals surface area contributed by atoms with E-state index in [1.54, 1.807) is 4.58 Å². The summed E-state index contributed by atoms with van der Waals surface area (Å²) >= 11 is 0. The molecule has 1 atom stereocenters. The molecule has 0 N–H and O–H groups in total. The topological polar surface area (TPSA) is 79.3 Å². The molecule has 4 rings (SSSR count). The van der Waals surface area contributed by atoms with Crippen LogP contribution >= 0.6 is 0 Å². The first-order valence-corrected chi connectivity index (χ1v) is 8.36. The molecule has 1 aliphatic heterocycles. The van der Waals surface area contributed by atoms with Crippen LogP contribution in [0.3, 0.4) is 0 Å². The summed E-state index contributed by atoms with van der Waals surface area (Å²) in [5.74, 6) is 0.931. The molecule has 2 heterocycles. The molecular formula is C17H19N4O3+. The predicted molar refractivity (Wildman–Crippen MR) is 84.4 cm³/mol. The quantitative estimate of drug-likeness (QED) is 0.773. The number of allylic oxidation sites excluding steroid dienone is 3. The van der Waals surface area contributed by atoms with Gasteiger partial charge in [-0.1, -0.05) is 30.3 Å². The van der Waals surface area contributed by atoms with E-state index in [0.717, 1.165) is 25.1 Å². The van der Waals surface area contributed by atoms with Crippen molar-refractivity contribution in [3.05, 3.63) is 36.0 Å². The summed E-state index contributed by atoms with van der Waals surface area (Å²) < 4.78 is 6.88. The predicted octanol–water partition coefficient (Wildman–Crippen LogP) is 2.01. The lowest BCUT2D eigenvalue weighted by atomic mass is 9.94. The molecule has 1 aromatic heterocycles. The third kappa shape index (κ3) is 2.50. The number of carbonyl (C=O) groups excluding carboxylic acids is 2. The highest BCUT2D eigenvalue weighted by atomic mass is 16.5. The molecule has 2 aliphatic carbocycles. The minimum Gasteiger partial charge on any atom is -0.335 e. The van der Waals surface area contributed by atoms with E-state index in [-0.39, 0.29) is 18.5 Å². The third-order valence-electron chi connectivity index (χ3n) is 4.47. The van der Waals surface area contributed by atoms with Crippen molar-refractivity contribution in [2.75, 3.05) is 6.54 Å². The van der Waals surface area contributed by atoms with Crippen molar-refractivity contribution in [3.8, 4) is 0 Å². The van der Waals surface area contributed by atoms with Gasteiger partial charge in [-0.2, -0.15) is 19.3 Å². The highest BCUT2D eigenvalue weighted by molar-refractivity contribution is 6.16. The number of urea groups is 1. The highest BCUT2D eigenvalue weighted by Crippen LogP contribution is 2.38.